The maximum Gasteiger partial charge on any atom is 0.356 e. The maximum absolute atomic E-state index is 13.4. The fraction of sp³-hybridized carbons (Fsp3) is 0.480. The van der Waals surface area contributed by atoms with E-state index in [-0.39, 0.29) is 30.0 Å². The van der Waals surface area contributed by atoms with Gasteiger partial charge in [0, 0.05) is 20.3 Å². The van der Waals surface area contributed by atoms with Gasteiger partial charge >= 0.3 is 13.3 Å². The lowest BCUT2D eigenvalue weighted by Gasteiger charge is -2.27. The number of imide groups is 1. The fourth-order valence-corrected chi connectivity index (χ4v) is 5.57. The molecule has 3 rings (SSSR count). The number of benzene rings is 1. The van der Waals surface area contributed by atoms with E-state index in [1.165, 1.54) is 17.1 Å². The molecule has 2 amide bonds. The van der Waals surface area contributed by atoms with Crippen LogP contribution in [0.1, 0.15) is 48.4 Å². The van der Waals surface area contributed by atoms with Gasteiger partial charge in [-0.25, -0.2) is 9.79 Å². The van der Waals surface area contributed by atoms with Crippen molar-refractivity contribution in [1.82, 2.24) is 19.4 Å². The van der Waals surface area contributed by atoms with Gasteiger partial charge in [0.15, 0.2) is 5.82 Å². The summed E-state index contributed by atoms with van der Waals surface area (Å²) in [4.78, 5) is 49.5. The van der Waals surface area contributed by atoms with Gasteiger partial charge in [0.05, 0.1) is 48.9 Å². The van der Waals surface area contributed by atoms with Gasteiger partial charge in [-0.3, -0.25) is 23.6 Å². The van der Waals surface area contributed by atoms with Gasteiger partial charge in [-0.05, 0) is 45.9 Å². The third-order valence-electron chi connectivity index (χ3n) is 5.16. The molecule has 0 spiro atoms. The van der Waals surface area contributed by atoms with Crippen LogP contribution in [0, 0.1) is 0 Å². The number of carbonyl (C=O) groups excluding carboxylic acids is 2. The van der Waals surface area contributed by atoms with Crippen molar-refractivity contribution in [2.75, 3.05) is 27.0 Å². The Morgan fingerprint density at radius 2 is 1.55 bits per heavy atom. The van der Waals surface area contributed by atoms with Crippen molar-refractivity contribution in [3.63, 3.8) is 0 Å². The van der Waals surface area contributed by atoms with E-state index in [1.54, 1.807) is 77.0 Å². The maximum atomic E-state index is 13.4. The van der Waals surface area contributed by atoms with Crippen molar-refractivity contribution >= 4 is 31.6 Å². The number of fused-ring (bicyclic) bond motifs is 1. The van der Waals surface area contributed by atoms with Crippen molar-refractivity contribution in [3.05, 3.63) is 58.1 Å². The summed E-state index contributed by atoms with van der Waals surface area (Å²) in [5, 5.41) is 0. The average molecular weight is 548 g/mol. The average Bonchev–Trinajstić information content (AvgIpc) is 3.06. The summed E-state index contributed by atoms with van der Waals surface area (Å²) < 4.78 is 31.7. The predicted octanol–water partition coefficient (Wildman–Crippen LogP) is 3.15. The lowest BCUT2D eigenvalue weighted by Crippen LogP contribution is -2.41. The summed E-state index contributed by atoms with van der Waals surface area (Å²) in [5.41, 5.74) is -0.0281. The van der Waals surface area contributed by atoms with Crippen LogP contribution in [0.15, 0.2) is 46.3 Å². The highest BCUT2D eigenvalue weighted by molar-refractivity contribution is 7.53. The Hall–Kier alpha value is -3.18. The Morgan fingerprint density at radius 1 is 0.974 bits per heavy atom. The van der Waals surface area contributed by atoms with Crippen LogP contribution in [-0.4, -0.2) is 82.8 Å². The first-order valence-corrected chi connectivity index (χ1v) is 13.9. The number of amides is 2. The molecular weight excluding hydrogens is 513 g/mol. The molecule has 0 aliphatic carbocycles. The van der Waals surface area contributed by atoms with Crippen molar-refractivity contribution in [3.8, 4) is 0 Å². The second-order valence-electron chi connectivity index (χ2n) is 9.53. The fourth-order valence-electron chi connectivity index (χ4n) is 3.72. The summed E-state index contributed by atoms with van der Waals surface area (Å²) in [7, 11) is -0.123. The summed E-state index contributed by atoms with van der Waals surface area (Å²) in [6.45, 7) is 6.61. The highest BCUT2D eigenvalue weighted by Gasteiger charge is 2.38. The number of nitrogens with zero attached hydrogens (tertiary/aromatic N) is 5. The molecule has 1 atom stereocenters. The number of aromatic nitrogens is 2. The first-order chi connectivity index (χ1) is 17.9. The zero-order chi connectivity index (χ0) is 28.0. The third kappa shape index (κ3) is 7.67. The number of hydrogen-bond acceptors (Lipinski definition) is 9. The Balaban J connectivity index is 1.86. The largest absolute Gasteiger partial charge is 0.369 e. The molecule has 0 saturated carbocycles. The van der Waals surface area contributed by atoms with Crippen LogP contribution < -0.4 is 5.69 Å². The van der Waals surface area contributed by atoms with Crippen LogP contribution >= 0.6 is 7.60 Å². The van der Waals surface area contributed by atoms with Gasteiger partial charge in [-0.15, -0.1) is 0 Å². The molecule has 12 nitrogen and oxygen atoms in total. The Bertz CT molecular complexity index is 1240. The van der Waals surface area contributed by atoms with E-state index < -0.39 is 49.8 Å². The zero-order valence-corrected chi connectivity index (χ0v) is 23.3. The van der Waals surface area contributed by atoms with Crippen molar-refractivity contribution in [2.24, 2.45) is 4.99 Å². The molecular formula is C25H34N5O7P. The molecule has 0 N–H and O–H groups in total. The summed E-state index contributed by atoms with van der Waals surface area (Å²) >= 11 is 0. The van der Waals surface area contributed by atoms with E-state index in [2.05, 4.69) is 9.98 Å². The number of ether oxygens (including phenoxy) is 1. The predicted molar refractivity (Wildman–Crippen MR) is 142 cm³/mol. The number of carbonyl (C=O) groups is 2. The molecule has 1 unspecified atom stereocenters. The highest BCUT2D eigenvalue weighted by atomic mass is 31.2. The van der Waals surface area contributed by atoms with E-state index in [0.29, 0.717) is 0 Å². The van der Waals surface area contributed by atoms with E-state index >= 15 is 0 Å². The lowest BCUT2D eigenvalue weighted by atomic mass is 10.1. The summed E-state index contributed by atoms with van der Waals surface area (Å²) in [6.07, 6.45) is 0.837. The van der Waals surface area contributed by atoms with Crippen LogP contribution in [-0.2, 0) is 24.9 Å². The van der Waals surface area contributed by atoms with Gasteiger partial charge in [-0.2, -0.15) is 4.98 Å². The van der Waals surface area contributed by atoms with E-state index in [0.717, 1.165) is 4.90 Å². The van der Waals surface area contributed by atoms with Gasteiger partial charge in [0.2, 0.25) is 0 Å². The molecule has 0 bridgehead atoms. The molecule has 0 fully saturated rings. The quantitative estimate of drug-likeness (QED) is 0.161. The molecule has 1 aromatic heterocycles. The molecule has 2 aromatic rings. The smallest absolute Gasteiger partial charge is 0.356 e. The Kier molecular flexibility index (Phi) is 9.72. The van der Waals surface area contributed by atoms with Crippen LogP contribution in [0.25, 0.3) is 0 Å². The lowest BCUT2D eigenvalue weighted by molar-refractivity contribution is 0.0216. The molecule has 0 radical (unpaired) electrons. The molecule has 1 aliphatic heterocycles. The Labute approximate surface area is 221 Å². The topological polar surface area (TPSA) is 133 Å². The normalized spacial score (nSPS) is 14.7. The SMILES string of the molecule is CC(C)OP(=O)(COC(CN1C(=O)c2ccccc2C1=O)Cn1ccc(N=CN(C)C)nc1=O)OC(C)C. The van der Waals surface area contributed by atoms with Crippen LogP contribution in [0.3, 0.4) is 0 Å². The molecule has 206 valence electrons. The second-order valence-corrected chi connectivity index (χ2v) is 11.4. The number of rotatable bonds is 13. The van der Waals surface area contributed by atoms with Gasteiger partial charge in [0.1, 0.15) is 6.35 Å². The van der Waals surface area contributed by atoms with Crippen LogP contribution in [0.5, 0.6) is 0 Å². The van der Waals surface area contributed by atoms with Crippen LogP contribution in [0.2, 0.25) is 0 Å². The van der Waals surface area contributed by atoms with Crippen molar-refractivity contribution in [2.45, 2.75) is 52.6 Å². The minimum Gasteiger partial charge on any atom is -0.369 e. The highest BCUT2D eigenvalue weighted by Crippen LogP contribution is 2.50. The first-order valence-electron chi connectivity index (χ1n) is 12.2. The van der Waals surface area contributed by atoms with Gasteiger partial charge in [-0.1, -0.05) is 12.1 Å². The van der Waals surface area contributed by atoms with Crippen molar-refractivity contribution in [1.29, 1.82) is 0 Å². The molecule has 13 heteroatoms. The first kappa shape index (κ1) is 29.4. The van der Waals surface area contributed by atoms with Gasteiger partial charge < -0.3 is 18.7 Å². The van der Waals surface area contributed by atoms with Gasteiger partial charge in [0.25, 0.3) is 11.8 Å². The minimum absolute atomic E-state index is 0.0831. The number of hydrogen-bond donors (Lipinski definition) is 0. The van der Waals surface area contributed by atoms with E-state index in [4.69, 9.17) is 13.8 Å². The molecule has 2 heterocycles. The molecule has 38 heavy (non-hydrogen) atoms. The van der Waals surface area contributed by atoms with E-state index in [1.807, 2.05) is 0 Å². The molecule has 0 saturated heterocycles. The molecule has 1 aliphatic rings. The third-order valence-corrected chi connectivity index (χ3v) is 7.11. The summed E-state index contributed by atoms with van der Waals surface area (Å²) in [6, 6.07) is 8.06. The monoisotopic (exact) mass is 547 g/mol. The standard InChI is InChI=1S/C25H34N5O7P/c1-17(2)36-38(34,37-18(3)4)16-35-19(13-29-12-11-22(27-25(29)33)26-15-28(5)6)14-30-23(31)20-9-7-8-10-21(20)24(30)32/h7-12,15,17-19H,13-14,16H2,1-6H3. The second kappa shape index (κ2) is 12.6. The van der Waals surface area contributed by atoms with E-state index in [9.17, 15) is 18.9 Å². The van der Waals surface area contributed by atoms with Crippen LogP contribution in [0.4, 0.5) is 5.82 Å². The zero-order valence-electron chi connectivity index (χ0n) is 22.4. The Morgan fingerprint density at radius 3 is 2.05 bits per heavy atom. The number of aliphatic imine (C=N–C) groups is 1. The minimum atomic E-state index is -3.70. The summed E-state index contributed by atoms with van der Waals surface area (Å²) in [5.74, 6) is -0.728. The molecule has 1 aromatic carbocycles. The van der Waals surface area contributed by atoms with Crippen molar-refractivity contribution < 1.29 is 27.9 Å².